The zero-order chi connectivity index (χ0) is 19.2. The topological polar surface area (TPSA) is 80.9 Å². The molecule has 3 heterocycles. The monoisotopic (exact) mass is 364 g/mol. The van der Waals surface area contributed by atoms with Gasteiger partial charge in [0.05, 0.1) is 23.1 Å². The van der Waals surface area contributed by atoms with E-state index in [1.54, 1.807) is 23.3 Å². The molecule has 0 saturated carbocycles. The maximum atomic E-state index is 12.8. The highest BCUT2D eigenvalue weighted by molar-refractivity contribution is 5.92. The highest BCUT2D eigenvalue weighted by Crippen LogP contribution is 2.30. The number of rotatable bonds is 3. The van der Waals surface area contributed by atoms with Gasteiger partial charge in [-0.1, -0.05) is 6.08 Å². The quantitative estimate of drug-likeness (QED) is 0.770. The lowest BCUT2D eigenvalue weighted by molar-refractivity contribution is 0.399. The molecule has 0 radical (unpaired) electrons. The number of aryl methyl sites for hydroxylation is 1. The second-order valence-electron chi connectivity index (χ2n) is 6.30. The van der Waals surface area contributed by atoms with E-state index in [1.807, 2.05) is 25.1 Å². The molecule has 6 nitrogen and oxygen atoms in total. The lowest BCUT2D eigenvalue weighted by Gasteiger charge is -2.15. The van der Waals surface area contributed by atoms with Crippen LogP contribution in [0, 0.1) is 0 Å². The molecule has 3 aromatic rings. The molecule has 0 fully saturated rings. The van der Waals surface area contributed by atoms with Crippen molar-refractivity contribution in [1.82, 2.24) is 19.5 Å². The van der Waals surface area contributed by atoms with Crippen molar-refractivity contribution in [1.29, 1.82) is 0 Å². The van der Waals surface area contributed by atoms with Gasteiger partial charge in [0, 0.05) is 31.6 Å². The largest absolute Gasteiger partial charge is 0.400 e. The van der Waals surface area contributed by atoms with Gasteiger partial charge in [0.2, 0.25) is 0 Å². The normalized spacial score (nSPS) is 13.7. The zero-order valence-corrected chi connectivity index (χ0v) is 15.7. The summed E-state index contributed by atoms with van der Waals surface area (Å²) >= 11 is 0. The molecule has 0 atom stereocenters. The van der Waals surface area contributed by atoms with Crippen molar-refractivity contribution in [2.75, 3.05) is 7.11 Å². The third kappa shape index (κ3) is 3.80. The van der Waals surface area contributed by atoms with Crippen LogP contribution >= 0.6 is 0 Å². The maximum Gasteiger partial charge on any atom is 0.261 e. The number of hydrogen-bond acceptors (Lipinski definition) is 5. The first-order valence-corrected chi connectivity index (χ1v) is 9.22. The van der Waals surface area contributed by atoms with Crippen molar-refractivity contribution in [3.05, 3.63) is 59.0 Å². The lowest BCUT2D eigenvalue weighted by atomic mass is 9.95. The highest BCUT2D eigenvalue weighted by Gasteiger charge is 2.16. The molecule has 3 aromatic heterocycles. The summed E-state index contributed by atoms with van der Waals surface area (Å²) in [5.74, 6) is 0. The second kappa shape index (κ2) is 8.68. The number of aliphatic hydroxyl groups excluding tert-OH is 1. The highest BCUT2D eigenvalue weighted by atomic mass is 16.2. The second-order valence-corrected chi connectivity index (χ2v) is 6.30. The molecule has 0 aromatic carbocycles. The number of aliphatic hydroxyl groups is 1. The van der Waals surface area contributed by atoms with Crippen LogP contribution in [0.15, 0.2) is 47.8 Å². The summed E-state index contributed by atoms with van der Waals surface area (Å²) in [5.41, 5.74) is 4.35. The number of aromatic nitrogens is 4. The van der Waals surface area contributed by atoms with E-state index in [9.17, 15) is 4.79 Å². The summed E-state index contributed by atoms with van der Waals surface area (Å²) in [7, 11) is 1.00. The maximum absolute atomic E-state index is 12.8. The standard InChI is InChI=1S/C20H20N4O.CH4O/c1-2-24-13-22-19-16(20(24)25)11-17(14-7-4-3-5-8-14)23-18(19)15-9-6-10-21-12-15;1-2/h6-7,9-13H,2-5,8H2,1H3;2H,1H3. The van der Waals surface area contributed by atoms with Gasteiger partial charge in [-0.15, -0.1) is 0 Å². The molecule has 0 saturated heterocycles. The smallest absolute Gasteiger partial charge is 0.261 e. The number of nitrogens with zero attached hydrogens (tertiary/aromatic N) is 4. The minimum absolute atomic E-state index is 0.0160. The number of pyridine rings is 2. The van der Waals surface area contributed by atoms with Gasteiger partial charge >= 0.3 is 0 Å². The Morgan fingerprint density at radius 3 is 2.78 bits per heavy atom. The van der Waals surface area contributed by atoms with Crippen LogP contribution in [-0.4, -0.2) is 31.7 Å². The van der Waals surface area contributed by atoms with Crippen molar-refractivity contribution in [2.24, 2.45) is 0 Å². The molecule has 0 bridgehead atoms. The van der Waals surface area contributed by atoms with E-state index in [0.717, 1.165) is 36.9 Å². The molecule has 27 heavy (non-hydrogen) atoms. The van der Waals surface area contributed by atoms with E-state index in [0.29, 0.717) is 17.4 Å². The Morgan fingerprint density at radius 2 is 2.11 bits per heavy atom. The average molecular weight is 364 g/mol. The Kier molecular flexibility index (Phi) is 6.08. The van der Waals surface area contributed by atoms with Crippen LogP contribution in [0.5, 0.6) is 0 Å². The van der Waals surface area contributed by atoms with Crippen molar-refractivity contribution >= 4 is 16.5 Å². The minimum Gasteiger partial charge on any atom is -0.400 e. The summed E-state index contributed by atoms with van der Waals surface area (Å²) in [6.07, 6.45) is 11.8. The Hall–Kier alpha value is -2.86. The molecule has 6 heteroatoms. The fraction of sp³-hybridized carbons (Fsp3) is 0.333. The SMILES string of the molecule is CCn1cnc2c(-c3cccnc3)nc(C3=CCCCC3)cc2c1=O.CO. The van der Waals surface area contributed by atoms with E-state index in [4.69, 9.17) is 10.1 Å². The van der Waals surface area contributed by atoms with Crippen LogP contribution in [0.1, 0.15) is 38.3 Å². The molecule has 1 N–H and O–H groups in total. The fourth-order valence-electron chi connectivity index (χ4n) is 3.33. The van der Waals surface area contributed by atoms with E-state index in [2.05, 4.69) is 16.0 Å². The van der Waals surface area contributed by atoms with Gasteiger partial charge < -0.3 is 5.11 Å². The summed E-state index contributed by atoms with van der Waals surface area (Å²) in [6.45, 7) is 2.55. The Morgan fingerprint density at radius 1 is 1.26 bits per heavy atom. The number of hydrogen-bond donors (Lipinski definition) is 1. The molecular weight excluding hydrogens is 340 g/mol. The first-order chi connectivity index (χ1) is 13.3. The van der Waals surface area contributed by atoms with Crippen molar-refractivity contribution in [2.45, 2.75) is 39.2 Å². The molecule has 140 valence electrons. The first kappa shape index (κ1) is 18.9. The summed E-state index contributed by atoms with van der Waals surface area (Å²) in [6, 6.07) is 5.75. The lowest BCUT2D eigenvalue weighted by Crippen LogP contribution is -2.20. The van der Waals surface area contributed by atoms with Crippen LogP contribution in [0.4, 0.5) is 0 Å². The Bertz CT molecular complexity index is 1010. The molecule has 0 aliphatic heterocycles. The third-order valence-electron chi connectivity index (χ3n) is 4.71. The van der Waals surface area contributed by atoms with E-state index < -0.39 is 0 Å². The molecular formula is C21H24N4O2. The molecule has 0 spiro atoms. The Labute approximate surface area is 158 Å². The van der Waals surface area contributed by atoms with E-state index in [-0.39, 0.29) is 5.56 Å². The minimum atomic E-state index is -0.0160. The molecule has 4 rings (SSSR count). The van der Waals surface area contributed by atoms with Gasteiger partial charge in [0.15, 0.2) is 0 Å². The van der Waals surface area contributed by atoms with Crippen molar-refractivity contribution in [3.8, 4) is 11.3 Å². The van der Waals surface area contributed by atoms with Gasteiger partial charge in [-0.25, -0.2) is 9.97 Å². The van der Waals surface area contributed by atoms with Crippen LogP contribution in [0.25, 0.3) is 27.7 Å². The number of allylic oxidation sites excluding steroid dienone is 2. The van der Waals surface area contributed by atoms with Crippen LogP contribution < -0.4 is 5.56 Å². The molecule has 0 unspecified atom stereocenters. The van der Waals surface area contributed by atoms with Gasteiger partial charge in [-0.3, -0.25) is 14.3 Å². The predicted molar refractivity (Wildman–Crippen MR) is 107 cm³/mol. The Balaban J connectivity index is 0.00000102. The van der Waals surface area contributed by atoms with Gasteiger partial charge in [-0.2, -0.15) is 0 Å². The van der Waals surface area contributed by atoms with Crippen molar-refractivity contribution in [3.63, 3.8) is 0 Å². The fourth-order valence-corrected chi connectivity index (χ4v) is 3.33. The van der Waals surface area contributed by atoms with E-state index >= 15 is 0 Å². The van der Waals surface area contributed by atoms with Crippen molar-refractivity contribution < 1.29 is 5.11 Å². The molecule has 1 aliphatic carbocycles. The van der Waals surface area contributed by atoms with Crippen LogP contribution in [0.3, 0.4) is 0 Å². The van der Waals surface area contributed by atoms with Gasteiger partial charge in [0.25, 0.3) is 5.56 Å². The summed E-state index contributed by atoms with van der Waals surface area (Å²) in [5, 5.41) is 7.62. The summed E-state index contributed by atoms with van der Waals surface area (Å²) in [4.78, 5) is 26.4. The predicted octanol–water partition coefficient (Wildman–Crippen LogP) is 3.44. The molecule has 1 aliphatic rings. The van der Waals surface area contributed by atoms with Crippen LogP contribution in [-0.2, 0) is 6.54 Å². The zero-order valence-electron chi connectivity index (χ0n) is 15.7. The van der Waals surface area contributed by atoms with Gasteiger partial charge in [0.1, 0.15) is 5.52 Å². The third-order valence-corrected chi connectivity index (χ3v) is 4.71. The summed E-state index contributed by atoms with van der Waals surface area (Å²) < 4.78 is 1.63. The first-order valence-electron chi connectivity index (χ1n) is 9.22. The number of fused-ring (bicyclic) bond motifs is 1. The van der Waals surface area contributed by atoms with Crippen LogP contribution in [0.2, 0.25) is 0 Å². The van der Waals surface area contributed by atoms with E-state index in [1.165, 1.54) is 18.4 Å². The average Bonchev–Trinajstić information content (AvgIpc) is 2.76. The molecule has 0 amide bonds. The van der Waals surface area contributed by atoms with Gasteiger partial charge in [-0.05, 0) is 56.4 Å².